The molecule has 5 heteroatoms. The number of halogens is 1. The Balaban J connectivity index is 1.24. The molecule has 0 spiro atoms. The monoisotopic (exact) mass is 353 g/mol. The number of nitrogens with one attached hydrogen (secondary N) is 2. The van der Waals surface area contributed by atoms with Gasteiger partial charge in [0.15, 0.2) is 0 Å². The molecule has 1 heterocycles. The fraction of sp³-hybridized carbons (Fsp3) is 0.300. The minimum absolute atomic E-state index is 0.0612. The Kier molecular flexibility index (Phi) is 4.45. The summed E-state index contributed by atoms with van der Waals surface area (Å²) in [6, 6.07) is 15.8. The van der Waals surface area contributed by atoms with E-state index in [4.69, 9.17) is 11.6 Å². The van der Waals surface area contributed by atoms with Crippen LogP contribution in [0, 0.1) is 5.92 Å². The SMILES string of the molecule is O=C(NCCCc1nc2ccccc2[nH]1)C1CC1c1ccccc1Cl. The van der Waals surface area contributed by atoms with Crippen molar-refractivity contribution in [1.29, 1.82) is 0 Å². The van der Waals surface area contributed by atoms with E-state index in [-0.39, 0.29) is 17.7 Å². The Morgan fingerprint density at radius 1 is 1.20 bits per heavy atom. The summed E-state index contributed by atoms with van der Waals surface area (Å²) in [5.41, 5.74) is 3.13. The molecule has 2 N–H and O–H groups in total. The average molecular weight is 354 g/mol. The maximum absolute atomic E-state index is 12.3. The first kappa shape index (κ1) is 16.2. The van der Waals surface area contributed by atoms with E-state index < -0.39 is 0 Å². The molecule has 1 aliphatic rings. The van der Waals surface area contributed by atoms with E-state index in [0.717, 1.165) is 46.7 Å². The second-order valence-electron chi connectivity index (χ2n) is 6.57. The number of nitrogens with zero attached hydrogens (tertiary/aromatic N) is 1. The number of hydrogen-bond donors (Lipinski definition) is 2. The van der Waals surface area contributed by atoms with Gasteiger partial charge in [-0.15, -0.1) is 0 Å². The molecule has 2 unspecified atom stereocenters. The topological polar surface area (TPSA) is 57.8 Å². The van der Waals surface area contributed by atoms with Crippen LogP contribution in [0.2, 0.25) is 5.02 Å². The zero-order chi connectivity index (χ0) is 17.2. The van der Waals surface area contributed by atoms with Gasteiger partial charge in [-0.05, 0) is 42.5 Å². The summed E-state index contributed by atoms with van der Waals surface area (Å²) in [4.78, 5) is 20.1. The maximum Gasteiger partial charge on any atom is 0.223 e. The van der Waals surface area contributed by atoms with E-state index >= 15 is 0 Å². The molecule has 1 fully saturated rings. The van der Waals surface area contributed by atoms with Crippen molar-refractivity contribution in [3.8, 4) is 0 Å². The first-order valence-corrected chi connectivity index (χ1v) is 9.06. The molecule has 3 aromatic rings. The molecular weight excluding hydrogens is 334 g/mol. The molecular formula is C20H20ClN3O. The number of carbonyl (C=O) groups excluding carboxylic acids is 1. The van der Waals surface area contributed by atoms with Gasteiger partial charge in [-0.1, -0.05) is 41.9 Å². The van der Waals surface area contributed by atoms with Gasteiger partial charge in [0.25, 0.3) is 0 Å². The van der Waals surface area contributed by atoms with E-state index in [1.54, 1.807) is 0 Å². The third kappa shape index (κ3) is 3.54. The quantitative estimate of drug-likeness (QED) is 0.656. The Labute approximate surface area is 151 Å². The van der Waals surface area contributed by atoms with Gasteiger partial charge in [0.05, 0.1) is 11.0 Å². The molecule has 1 amide bonds. The van der Waals surface area contributed by atoms with Gasteiger partial charge in [-0.25, -0.2) is 4.98 Å². The highest BCUT2D eigenvalue weighted by Crippen LogP contribution is 2.49. The minimum Gasteiger partial charge on any atom is -0.356 e. The highest BCUT2D eigenvalue weighted by molar-refractivity contribution is 6.31. The Morgan fingerprint density at radius 2 is 2.00 bits per heavy atom. The van der Waals surface area contributed by atoms with Gasteiger partial charge in [-0.3, -0.25) is 4.79 Å². The maximum atomic E-state index is 12.3. The van der Waals surface area contributed by atoms with Crippen LogP contribution >= 0.6 is 11.6 Å². The van der Waals surface area contributed by atoms with Crippen molar-refractivity contribution >= 4 is 28.5 Å². The molecule has 0 saturated heterocycles. The molecule has 4 rings (SSSR count). The van der Waals surface area contributed by atoms with Crippen molar-refractivity contribution in [3.63, 3.8) is 0 Å². The van der Waals surface area contributed by atoms with Crippen LogP contribution in [0.4, 0.5) is 0 Å². The molecule has 0 aliphatic heterocycles. The third-order valence-corrected chi connectivity index (χ3v) is 5.10. The second kappa shape index (κ2) is 6.89. The predicted molar refractivity (Wildman–Crippen MR) is 99.7 cm³/mol. The summed E-state index contributed by atoms with van der Waals surface area (Å²) in [6.07, 6.45) is 2.59. The van der Waals surface area contributed by atoms with Crippen LogP contribution in [0.3, 0.4) is 0 Å². The highest BCUT2D eigenvalue weighted by atomic mass is 35.5. The molecule has 1 saturated carbocycles. The molecule has 1 aliphatic carbocycles. The molecule has 128 valence electrons. The fourth-order valence-electron chi connectivity index (χ4n) is 3.33. The second-order valence-corrected chi connectivity index (χ2v) is 6.97. The standard InChI is InChI=1S/C20H20ClN3O/c21-16-7-2-1-6-13(16)14-12-15(14)20(25)22-11-5-10-19-23-17-8-3-4-9-18(17)24-19/h1-4,6-9,14-15H,5,10-12H2,(H,22,25)(H,23,24). The zero-order valence-electron chi connectivity index (χ0n) is 13.8. The average Bonchev–Trinajstić information content (AvgIpc) is 3.30. The lowest BCUT2D eigenvalue weighted by molar-refractivity contribution is -0.122. The summed E-state index contributed by atoms with van der Waals surface area (Å²) in [7, 11) is 0. The van der Waals surface area contributed by atoms with Crippen LogP contribution in [0.1, 0.15) is 30.1 Å². The van der Waals surface area contributed by atoms with Crippen LogP contribution in [0.25, 0.3) is 11.0 Å². The van der Waals surface area contributed by atoms with Crippen LogP contribution in [-0.2, 0) is 11.2 Å². The molecule has 2 aromatic carbocycles. The normalized spacial score (nSPS) is 19.1. The number of fused-ring (bicyclic) bond motifs is 1. The predicted octanol–water partition coefficient (Wildman–Crippen LogP) is 4.07. The smallest absolute Gasteiger partial charge is 0.223 e. The zero-order valence-corrected chi connectivity index (χ0v) is 14.6. The first-order chi connectivity index (χ1) is 12.2. The number of benzene rings is 2. The van der Waals surface area contributed by atoms with Crippen molar-refractivity contribution in [2.75, 3.05) is 6.54 Å². The summed E-state index contributed by atoms with van der Waals surface area (Å²) in [5, 5.41) is 3.80. The number of amides is 1. The van der Waals surface area contributed by atoms with E-state index in [1.165, 1.54) is 0 Å². The summed E-state index contributed by atoms with van der Waals surface area (Å²) >= 11 is 6.22. The molecule has 25 heavy (non-hydrogen) atoms. The van der Waals surface area contributed by atoms with Crippen LogP contribution in [0.5, 0.6) is 0 Å². The number of carbonyl (C=O) groups is 1. The number of aromatic amines is 1. The van der Waals surface area contributed by atoms with Gasteiger partial charge >= 0.3 is 0 Å². The summed E-state index contributed by atoms with van der Waals surface area (Å²) in [5.74, 6) is 1.43. The number of para-hydroxylation sites is 2. The molecule has 0 bridgehead atoms. The lowest BCUT2D eigenvalue weighted by atomic mass is 10.1. The number of hydrogen-bond acceptors (Lipinski definition) is 2. The number of H-pyrrole nitrogens is 1. The number of rotatable bonds is 6. The molecule has 1 aromatic heterocycles. The highest BCUT2D eigenvalue weighted by Gasteiger charge is 2.44. The Hall–Kier alpha value is -2.33. The Morgan fingerprint density at radius 3 is 2.84 bits per heavy atom. The van der Waals surface area contributed by atoms with Gasteiger partial charge in [0, 0.05) is 23.9 Å². The van der Waals surface area contributed by atoms with E-state index in [9.17, 15) is 4.79 Å². The van der Waals surface area contributed by atoms with Crippen molar-refractivity contribution in [2.45, 2.75) is 25.2 Å². The first-order valence-electron chi connectivity index (χ1n) is 8.68. The van der Waals surface area contributed by atoms with Crippen LogP contribution in [-0.4, -0.2) is 22.4 Å². The lowest BCUT2D eigenvalue weighted by Crippen LogP contribution is -2.26. The number of aryl methyl sites for hydroxylation is 1. The van der Waals surface area contributed by atoms with Crippen molar-refractivity contribution in [1.82, 2.24) is 15.3 Å². The van der Waals surface area contributed by atoms with E-state index in [0.29, 0.717) is 6.54 Å². The van der Waals surface area contributed by atoms with Gasteiger partial charge in [0.1, 0.15) is 5.82 Å². The Bertz CT molecular complexity index is 872. The van der Waals surface area contributed by atoms with Crippen LogP contribution < -0.4 is 5.32 Å². The van der Waals surface area contributed by atoms with Crippen molar-refractivity contribution in [2.24, 2.45) is 5.92 Å². The minimum atomic E-state index is 0.0612. The van der Waals surface area contributed by atoms with Crippen molar-refractivity contribution in [3.05, 3.63) is 64.9 Å². The fourth-order valence-corrected chi connectivity index (χ4v) is 3.60. The number of imidazole rings is 1. The van der Waals surface area contributed by atoms with Gasteiger partial charge < -0.3 is 10.3 Å². The third-order valence-electron chi connectivity index (χ3n) is 4.76. The number of aromatic nitrogens is 2. The van der Waals surface area contributed by atoms with E-state index in [1.807, 2.05) is 48.5 Å². The molecule has 4 nitrogen and oxygen atoms in total. The summed E-state index contributed by atoms with van der Waals surface area (Å²) < 4.78 is 0. The van der Waals surface area contributed by atoms with Crippen molar-refractivity contribution < 1.29 is 4.79 Å². The van der Waals surface area contributed by atoms with Gasteiger partial charge in [0.2, 0.25) is 5.91 Å². The van der Waals surface area contributed by atoms with E-state index in [2.05, 4.69) is 15.3 Å². The lowest BCUT2D eigenvalue weighted by Gasteiger charge is -2.05. The molecule has 0 radical (unpaired) electrons. The largest absolute Gasteiger partial charge is 0.356 e. The van der Waals surface area contributed by atoms with Gasteiger partial charge in [-0.2, -0.15) is 0 Å². The van der Waals surface area contributed by atoms with Crippen LogP contribution in [0.15, 0.2) is 48.5 Å². The summed E-state index contributed by atoms with van der Waals surface area (Å²) in [6.45, 7) is 0.668. The molecule has 2 atom stereocenters.